The molecule has 0 rings (SSSR count). The van der Waals surface area contributed by atoms with Crippen molar-refractivity contribution in [3.63, 3.8) is 0 Å². The summed E-state index contributed by atoms with van der Waals surface area (Å²) < 4.78 is 0. The quantitative estimate of drug-likeness (QED) is 0.499. The zero-order chi connectivity index (χ0) is 8.69. The second-order valence-corrected chi connectivity index (χ2v) is 3.45. The van der Waals surface area contributed by atoms with Gasteiger partial charge in [-0.2, -0.15) is 0 Å². The van der Waals surface area contributed by atoms with Crippen LogP contribution in [0.5, 0.6) is 0 Å². The Morgan fingerprint density at radius 3 is 2.55 bits per heavy atom. The molecule has 0 heterocycles. The average molecular weight is 174 g/mol. The first kappa shape index (κ1) is 10.7. The average Bonchev–Trinajstić information content (AvgIpc) is 1.97. The number of rotatable bonds is 4. The van der Waals surface area contributed by atoms with Gasteiger partial charge >= 0.3 is 0 Å². The van der Waals surface area contributed by atoms with E-state index >= 15 is 0 Å². The van der Waals surface area contributed by atoms with Crippen LogP contribution in [0, 0.1) is 5.92 Å². The molecule has 0 fully saturated rings. The Kier molecular flexibility index (Phi) is 6.22. The van der Waals surface area contributed by atoms with Crippen molar-refractivity contribution in [3.8, 4) is 0 Å². The number of hydrogen-bond donors (Lipinski definition) is 2. The van der Waals surface area contributed by atoms with Crippen molar-refractivity contribution < 1.29 is 0 Å². The lowest BCUT2D eigenvalue weighted by molar-refractivity contribution is 0.551. The van der Waals surface area contributed by atoms with Crippen LogP contribution in [-0.4, -0.2) is 18.7 Å². The van der Waals surface area contributed by atoms with Crippen LogP contribution in [0.15, 0.2) is 0 Å². The Morgan fingerprint density at radius 2 is 2.09 bits per heavy atom. The Labute approximate surface area is 74.8 Å². The molecule has 0 aromatic rings. The topological polar surface area (TPSA) is 24.1 Å². The highest BCUT2D eigenvalue weighted by molar-refractivity contribution is 7.80. The van der Waals surface area contributed by atoms with Gasteiger partial charge in [0.15, 0.2) is 5.11 Å². The van der Waals surface area contributed by atoms with E-state index < -0.39 is 0 Å². The van der Waals surface area contributed by atoms with E-state index in [4.69, 9.17) is 12.2 Å². The summed E-state index contributed by atoms with van der Waals surface area (Å²) in [5.74, 6) is 0.792. The van der Waals surface area contributed by atoms with Crippen LogP contribution in [0.3, 0.4) is 0 Å². The van der Waals surface area contributed by atoms with Crippen molar-refractivity contribution in [2.75, 3.05) is 13.6 Å². The van der Waals surface area contributed by atoms with Crippen LogP contribution in [0.4, 0.5) is 0 Å². The maximum Gasteiger partial charge on any atom is 0.166 e. The van der Waals surface area contributed by atoms with E-state index in [-0.39, 0.29) is 0 Å². The molecule has 0 aliphatic rings. The minimum Gasteiger partial charge on any atom is -0.366 e. The third-order valence-corrected chi connectivity index (χ3v) is 1.82. The maximum atomic E-state index is 4.91. The standard InChI is InChI=1S/C8H18N2S/c1-7(2)5-4-6-10-8(11)9-3/h7H,4-6H2,1-3H3,(H2,9,10,11). The van der Waals surface area contributed by atoms with Crippen molar-refractivity contribution in [2.24, 2.45) is 5.92 Å². The largest absolute Gasteiger partial charge is 0.366 e. The van der Waals surface area contributed by atoms with Crippen molar-refractivity contribution in [1.29, 1.82) is 0 Å². The molecule has 0 aliphatic carbocycles. The normalized spacial score (nSPS) is 9.82. The van der Waals surface area contributed by atoms with Gasteiger partial charge in [-0.25, -0.2) is 0 Å². The van der Waals surface area contributed by atoms with Crippen LogP contribution in [0.1, 0.15) is 26.7 Å². The van der Waals surface area contributed by atoms with E-state index in [1.165, 1.54) is 12.8 Å². The van der Waals surface area contributed by atoms with Crippen LogP contribution < -0.4 is 10.6 Å². The lowest BCUT2D eigenvalue weighted by Crippen LogP contribution is -2.33. The van der Waals surface area contributed by atoms with Crippen LogP contribution in [0.25, 0.3) is 0 Å². The predicted octanol–water partition coefficient (Wildman–Crippen LogP) is 1.52. The third kappa shape index (κ3) is 7.59. The highest BCUT2D eigenvalue weighted by Gasteiger charge is 1.93. The fourth-order valence-corrected chi connectivity index (χ4v) is 0.903. The summed E-state index contributed by atoms with van der Waals surface area (Å²) in [6, 6.07) is 0. The molecule has 0 aromatic carbocycles. The first-order chi connectivity index (χ1) is 5.16. The Hall–Kier alpha value is -0.310. The Morgan fingerprint density at radius 1 is 1.45 bits per heavy atom. The van der Waals surface area contributed by atoms with Gasteiger partial charge in [0.2, 0.25) is 0 Å². The molecule has 0 spiro atoms. The third-order valence-electron chi connectivity index (χ3n) is 1.47. The molecule has 2 N–H and O–H groups in total. The number of hydrogen-bond acceptors (Lipinski definition) is 1. The van der Waals surface area contributed by atoms with Gasteiger partial charge in [-0.05, 0) is 31.0 Å². The van der Waals surface area contributed by atoms with Crippen molar-refractivity contribution in [2.45, 2.75) is 26.7 Å². The molecule has 0 unspecified atom stereocenters. The molecule has 11 heavy (non-hydrogen) atoms. The fraction of sp³-hybridized carbons (Fsp3) is 0.875. The van der Waals surface area contributed by atoms with E-state index in [1.54, 1.807) is 0 Å². The van der Waals surface area contributed by atoms with E-state index in [9.17, 15) is 0 Å². The van der Waals surface area contributed by atoms with Gasteiger partial charge in [-0.15, -0.1) is 0 Å². The monoisotopic (exact) mass is 174 g/mol. The smallest absolute Gasteiger partial charge is 0.166 e. The van der Waals surface area contributed by atoms with Gasteiger partial charge < -0.3 is 10.6 Å². The lowest BCUT2D eigenvalue weighted by Gasteiger charge is -2.07. The second kappa shape index (κ2) is 6.40. The molecular formula is C8H18N2S. The van der Waals surface area contributed by atoms with Gasteiger partial charge in [0, 0.05) is 13.6 Å². The fourth-order valence-electron chi connectivity index (χ4n) is 0.801. The van der Waals surface area contributed by atoms with Crippen molar-refractivity contribution in [1.82, 2.24) is 10.6 Å². The van der Waals surface area contributed by atoms with Crippen LogP contribution in [0.2, 0.25) is 0 Å². The number of nitrogens with one attached hydrogen (secondary N) is 2. The van der Waals surface area contributed by atoms with Crippen LogP contribution >= 0.6 is 12.2 Å². The minimum atomic E-state index is 0.744. The molecular weight excluding hydrogens is 156 g/mol. The number of thiocarbonyl (C=S) groups is 1. The van der Waals surface area contributed by atoms with E-state index in [2.05, 4.69) is 24.5 Å². The minimum absolute atomic E-state index is 0.744. The van der Waals surface area contributed by atoms with E-state index in [1.807, 2.05) is 7.05 Å². The molecule has 0 bridgehead atoms. The predicted molar refractivity (Wildman–Crippen MR) is 53.7 cm³/mol. The van der Waals surface area contributed by atoms with E-state index in [0.29, 0.717) is 0 Å². The molecule has 0 amide bonds. The first-order valence-corrected chi connectivity index (χ1v) is 4.53. The zero-order valence-corrected chi connectivity index (χ0v) is 8.42. The van der Waals surface area contributed by atoms with Gasteiger partial charge in [-0.1, -0.05) is 13.8 Å². The SMILES string of the molecule is CNC(=S)NCCCC(C)C. The summed E-state index contributed by atoms with van der Waals surface area (Å²) in [7, 11) is 1.83. The molecule has 3 heteroatoms. The highest BCUT2D eigenvalue weighted by atomic mass is 32.1. The summed E-state index contributed by atoms with van der Waals surface area (Å²) in [4.78, 5) is 0. The molecule has 0 atom stereocenters. The first-order valence-electron chi connectivity index (χ1n) is 4.12. The maximum absolute atomic E-state index is 4.91. The molecule has 0 radical (unpaired) electrons. The zero-order valence-electron chi connectivity index (χ0n) is 7.61. The molecule has 0 saturated carbocycles. The van der Waals surface area contributed by atoms with E-state index in [0.717, 1.165) is 17.6 Å². The summed E-state index contributed by atoms with van der Waals surface area (Å²) in [6.45, 7) is 5.45. The van der Waals surface area contributed by atoms with Gasteiger partial charge in [0.25, 0.3) is 0 Å². The van der Waals surface area contributed by atoms with Crippen LogP contribution in [-0.2, 0) is 0 Å². The molecule has 66 valence electrons. The lowest BCUT2D eigenvalue weighted by atomic mass is 10.1. The van der Waals surface area contributed by atoms with Crippen molar-refractivity contribution in [3.05, 3.63) is 0 Å². The highest BCUT2D eigenvalue weighted by Crippen LogP contribution is 2.01. The van der Waals surface area contributed by atoms with Gasteiger partial charge in [0.1, 0.15) is 0 Å². The van der Waals surface area contributed by atoms with Crippen molar-refractivity contribution >= 4 is 17.3 Å². The Bertz CT molecular complexity index is 113. The van der Waals surface area contributed by atoms with Gasteiger partial charge in [-0.3, -0.25) is 0 Å². The summed E-state index contributed by atoms with van der Waals surface area (Å²) >= 11 is 4.91. The van der Waals surface area contributed by atoms with Gasteiger partial charge in [0.05, 0.1) is 0 Å². The molecule has 0 saturated heterocycles. The summed E-state index contributed by atoms with van der Waals surface area (Å²) in [5, 5.41) is 6.73. The second-order valence-electron chi connectivity index (χ2n) is 3.04. The Balaban J connectivity index is 3.08. The molecule has 0 aliphatic heterocycles. The molecule has 2 nitrogen and oxygen atoms in total. The summed E-state index contributed by atoms with van der Waals surface area (Å²) in [5.41, 5.74) is 0. The summed E-state index contributed by atoms with van der Waals surface area (Å²) in [6.07, 6.45) is 2.46. The molecule has 0 aromatic heterocycles.